The average molecular weight is 199 g/mol. The van der Waals surface area contributed by atoms with E-state index in [2.05, 4.69) is 18.1 Å². The highest BCUT2D eigenvalue weighted by Gasteiger charge is 2.09. The summed E-state index contributed by atoms with van der Waals surface area (Å²) in [6, 6.07) is 0. The van der Waals surface area contributed by atoms with E-state index >= 15 is 0 Å². The van der Waals surface area contributed by atoms with Crippen molar-refractivity contribution in [3.05, 3.63) is 25.3 Å². The van der Waals surface area contributed by atoms with Gasteiger partial charge in [0.1, 0.15) is 0 Å². The van der Waals surface area contributed by atoms with E-state index in [4.69, 9.17) is 9.47 Å². The van der Waals surface area contributed by atoms with E-state index in [1.807, 2.05) is 14.1 Å². The molecule has 0 aromatic carbocycles. The molecule has 0 N–H and O–H groups in total. The van der Waals surface area contributed by atoms with Gasteiger partial charge < -0.3 is 14.4 Å². The highest BCUT2D eigenvalue weighted by atomic mass is 16.5. The standard InChI is InChI=1S/C11H21NO2/c1-5-7-13-10-11(9-12(3)4)14-8-6-2/h5-6,11H,1-2,7-10H2,3-4H3. The summed E-state index contributed by atoms with van der Waals surface area (Å²) in [6.07, 6.45) is 3.58. The highest BCUT2D eigenvalue weighted by molar-refractivity contribution is 4.69. The van der Waals surface area contributed by atoms with Crippen molar-refractivity contribution in [3.63, 3.8) is 0 Å². The van der Waals surface area contributed by atoms with E-state index in [1.165, 1.54) is 0 Å². The Morgan fingerprint density at radius 3 is 2.36 bits per heavy atom. The minimum absolute atomic E-state index is 0.1000. The molecule has 0 rings (SSSR count). The molecular formula is C11H21NO2. The van der Waals surface area contributed by atoms with E-state index in [0.717, 1.165) is 6.54 Å². The van der Waals surface area contributed by atoms with E-state index in [1.54, 1.807) is 12.2 Å². The maximum Gasteiger partial charge on any atom is 0.0939 e. The van der Waals surface area contributed by atoms with Gasteiger partial charge in [0.2, 0.25) is 0 Å². The smallest absolute Gasteiger partial charge is 0.0939 e. The molecule has 0 aliphatic heterocycles. The Labute approximate surface area is 87.0 Å². The lowest BCUT2D eigenvalue weighted by molar-refractivity contribution is -0.00982. The lowest BCUT2D eigenvalue weighted by atomic mass is 10.3. The van der Waals surface area contributed by atoms with Crippen LogP contribution in [0.5, 0.6) is 0 Å². The monoisotopic (exact) mass is 199 g/mol. The molecule has 3 nitrogen and oxygen atoms in total. The molecule has 0 aromatic heterocycles. The van der Waals surface area contributed by atoms with Crippen molar-refractivity contribution in [2.24, 2.45) is 0 Å². The average Bonchev–Trinajstić information content (AvgIpc) is 2.13. The molecule has 1 atom stereocenters. The predicted molar refractivity (Wildman–Crippen MR) is 59.5 cm³/mol. The topological polar surface area (TPSA) is 21.7 Å². The molecule has 0 aliphatic rings. The van der Waals surface area contributed by atoms with Crippen molar-refractivity contribution >= 4 is 0 Å². The second kappa shape index (κ2) is 8.94. The van der Waals surface area contributed by atoms with Crippen molar-refractivity contribution in [3.8, 4) is 0 Å². The van der Waals surface area contributed by atoms with Crippen LogP contribution in [0.3, 0.4) is 0 Å². The van der Waals surface area contributed by atoms with Crippen molar-refractivity contribution in [1.82, 2.24) is 4.90 Å². The maximum atomic E-state index is 5.53. The lowest BCUT2D eigenvalue weighted by Crippen LogP contribution is -2.32. The molecule has 0 spiro atoms. The fraction of sp³-hybridized carbons (Fsp3) is 0.636. The zero-order chi connectivity index (χ0) is 10.8. The van der Waals surface area contributed by atoms with Gasteiger partial charge in [-0.25, -0.2) is 0 Å². The largest absolute Gasteiger partial charge is 0.375 e. The summed E-state index contributed by atoms with van der Waals surface area (Å²) in [4.78, 5) is 2.07. The second-order valence-corrected chi connectivity index (χ2v) is 3.33. The highest BCUT2D eigenvalue weighted by Crippen LogP contribution is 1.96. The minimum atomic E-state index is 0.1000. The van der Waals surface area contributed by atoms with Crippen molar-refractivity contribution in [2.75, 3.05) is 40.5 Å². The van der Waals surface area contributed by atoms with Crippen LogP contribution in [0.15, 0.2) is 25.3 Å². The van der Waals surface area contributed by atoms with Crippen LogP contribution in [0, 0.1) is 0 Å². The molecule has 0 saturated heterocycles. The predicted octanol–water partition coefficient (Wildman–Crippen LogP) is 1.32. The first-order chi connectivity index (χ1) is 6.70. The number of hydrogen-bond acceptors (Lipinski definition) is 3. The van der Waals surface area contributed by atoms with Gasteiger partial charge in [-0.2, -0.15) is 0 Å². The van der Waals surface area contributed by atoms with Crippen LogP contribution in [0.1, 0.15) is 0 Å². The van der Waals surface area contributed by atoms with Gasteiger partial charge in [-0.3, -0.25) is 0 Å². The summed E-state index contributed by atoms with van der Waals surface area (Å²) in [5.74, 6) is 0. The van der Waals surface area contributed by atoms with Gasteiger partial charge in [-0.05, 0) is 14.1 Å². The molecule has 0 fully saturated rings. The summed E-state index contributed by atoms with van der Waals surface area (Å²) in [5, 5.41) is 0. The summed E-state index contributed by atoms with van der Waals surface area (Å²) in [6.45, 7) is 9.78. The van der Waals surface area contributed by atoms with E-state index in [-0.39, 0.29) is 6.10 Å². The van der Waals surface area contributed by atoms with E-state index in [9.17, 15) is 0 Å². The third-order valence-corrected chi connectivity index (χ3v) is 1.56. The third-order valence-electron chi connectivity index (χ3n) is 1.56. The summed E-state index contributed by atoms with van der Waals surface area (Å²) >= 11 is 0. The molecule has 0 saturated carbocycles. The third kappa shape index (κ3) is 7.98. The molecule has 0 amide bonds. The zero-order valence-corrected chi connectivity index (χ0v) is 9.24. The van der Waals surface area contributed by atoms with E-state index < -0.39 is 0 Å². The summed E-state index contributed by atoms with van der Waals surface area (Å²) < 4.78 is 10.9. The Kier molecular flexibility index (Phi) is 8.53. The van der Waals surface area contributed by atoms with Crippen LogP contribution >= 0.6 is 0 Å². The first-order valence-electron chi connectivity index (χ1n) is 4.76. The Morgan fingerprint density at radius 2 is 1.86 bits per heavy atom. The normalized spacial score (nSPS) is 12.8. The SMILES string of the molecule is C=CCOCC(CN(C)C)OCC=C. The van der Waals surface area contributed by atoms with Gasteiger partial charge in [0.25, 0.3) is 0 Å². The Hall–Kier alpha value is -0.640. The molecule has 0 heterocycles. The molecule has 1 unspecified atom stereocenters. The quantitative estimate of drug-likeness (QED) is 0.413. The van der Waals surface area contributed by atoms with Crippen molar-refractivity contribution in [1.29, 1.82) is 0 Å². The van der Waals surface area contributed by atoms with Crippen molar-refractivity contribution < 1.29 is 9.47 Å². The number of rotatable bonds is 9. The number of hydrogen-bond donors (Lipinski definition) is 0. The zero-order valence-electron chi connectivity index (χ0n) is 9.24. The van der Waals surface area contributed by atoms with Crippen LogP contribution in [-0.4, -0.2) is 51.5 Å². The lowest BCUT2D eigenvalue weighted by Gasteiger charge is -2.20. The number of ether oxygens (including phenoxy) is 2. The van der Waals surface area contributed by atoms with E-state index in [0.29, 0.717) is 19.8 Å². The summed E-state index contributed by atoms with van der Waals surface area (Å²) in [5.41, 5.74) is 0. The second-order valence-electron chi connectivity index (χ2n) is 3.33. The Bertz CT molecular complexity index is 157. The number of nitrogens with zero attached hydrogens (tertiary/aromatic N) is 1. The maximum absolute atomic E-state index is 5.53. The molecule has 82 valence electrons. The number of likely N-dealkylation sites (N-methyl/N-ethyl adjacent to an activating group) is 1. The van der Waals surface area contributed by atoms with Crippen LogP contribution < -0.4 is 0 Å². The Morgan fingerprint density at radius 1 is 1.21 bits per heavy atom. The first-order valence-corrected chi connectivity index (χ1v) is 4.76. The molecule has 3 heteroatoms. The van der Waals surface area contributed by atoms with Crippen LogP contribution in [-0.2, 0) is 9.47 Å². The van der Waals surface area contributed by atoms with Crippen LogP contribution in [0.4, 0.5) is 0 Å². The fourth-order valence-corrected chi connectivity index (χ4v) is 1.05. The van der Waals surface area contributed by atoms with Gasteiger partial charge in [-0.15, -0.1) is 13.2 Å². The van der Waals surface area contributed by atoms with Crippen LogP contribution in [0.2, 0.25) is 0 Å². The summed E-state index contributed by atoms with van der Waals surface area (Å²) in [7, 11) is 4.02. The van der Waals surface area contributed by atoms with Gasteiger partial charge in [0.05, 0.1) is 25.9 Å². The molecule has 0 aliphatic carbocycles. The molecule has 0 bridgehead atoms. The molecule has 0 aromatic rings. The van der Waals surface area contributed by atoms with Crippen molar-refractivity contribution in [2.45, 2.75) is 6.10 Å². The molecule has 14 heavy (non-hydrogen) atoms. The van der Waals surface area contributed by atoms with Gasteiger partial charge in [0, 0.05) is 6.54 Å². The molecule has 0 radical (unpaired) electrons. The van der Waals surface area contributed by atoms with Gasteiger partial charge >= 0.3 is 0 Å². The minimum Gasteiger partial charge on any atom is -0.375 e. The fourth-order valence-electron chi connectivity index (χ4n) is 1.05. The first kappa shape index (κ1) is 13.4. The molecular weight excluding hydrogens is 178 g/mol. The van der Waals surface area contributed by atoms with Gasteiger partial charge in [0.15, 0.2) is 0 Å². The Balaban J connectivity index is 3.71. The van der Waals surface area contributed by atoms with Gasteiger partial charge in [-0.1, -0.05) is 12.2 Å². The van der Waals surface area contributed by atoms with Crippen LogP contribution in [0.25, 0.3) is 0 Å².